The summed E-state index contributed by atoms with van der Waals surface area (Å²) in [6.45, 7) is 0.446. The zero-order chi connectivity index (χ0) is 14.8. The van der Waals surface area contributed by atoms with Crippen LogP contribution in [0.2, 0.25) is 0 Å². The van der Waals surface area contributed by atoms with Crippen LogP contribution in [-0.4, -0.2) is 21.7 Å². The Morgan fingerprint density at radius 3 is 2.33 bits per heavy atom. The number of nitrogens with zero attached hydrogens (tertiary/aromatic N) is 1. The number of para-hydroxylation sites is 1. The van der Waals surface area contributed by atoms with Crippen molar-refractivity contribution in [3.05, 3.63) is 76.6 Å². The molecule has 104 valence electrons. The summed E-state index contributed by atoms with van der Waals surface area (Å²) in [4.78, 5) is 12.1. The highest BCUT2D eigenvalue weighted by Crippen LogP contribution is 2.12. The van der Waals surface area contributed by atoms with Crippen molar-refractivity contribution in [1.29, 1.82) is 0 Å². The topological polar surface area (TPSA) is 62.5 Å². The van der Waals surface area contributed by atoms with Gasteiger partial charge in [0.1, 0.15) is 0 Å². The molecule has 0 spiro atoms. The van der Waals surface area contributed by atoms with E-state index < -0.39 is 7.12 Å². The number of hydrogen-bond acceptors (Lipinski definition) is 3. The van der Waals surface area contributed by atoms with Crippen LogP contribution >= 0.6 is 0 Å². The number of pyridine rings is 1. The first-order valence-electron chi connectivity index (χ1n) is 6.69. The molecule has 4 nitrogen and oxygen atoms in total. The molecule has 0 bridgehead atoms. The van der Waals surface area contributed by atoms with E-state index in [0.717, 1.165) is 16.5 Å². The Kier molecular flexibility index (Phi) is 3.60. The summed E-state index contributed by atoms with van der Waals surface area (Å²) in [5.41, 5.74) is 2.19. The van der Waals surface area contributed by atoms with Gasteiger partial charge in [-0.15, -0.1) is 0 Å². The monoisotopic (exact) mass is 279 g/mol. The molecule has 3 rings (SSSR count). The second-order valence-electron chi connectivity index (χ2n) is 4.93. The maximum atomic E-state index is 12.1. The van der Waals surface area contributed by atoms with E-state index in [2.05, 4.69) is 0 Å². The molecule has 0 atom stereocenters. The lowest BCUT2D eigenvalue weighted by molar-refractivity contribution is 0.426. The molecule has 1 aromatic heterocycles. The van der Waals surface area contributed by atoms with E-state index in [0.29, 0.717) is 12.0 Å². The van der Waals surface area contributed by atoms with Gasteiger partial charge in [0.2, 0.25) is 0 Å². The van der Waals surface area contributed by atoms with E-state index in [1.165, 1.54) is 0 Å². The van der Waals surface area contributed by atoms with Crippen LogP contribution in [0.15, 0.2) is 65.5 Å². The third-order valence-electron chi connectivity index (χ3n) is 3.52. The summed E-state index contributed by atoms with van der Waals surface area (Å²) in [6, 6.07) is 18.0. The van der Waals surface area contributed by atoms with Gasteiger partial charge in [-0.25, -0.2) is 0 Å². The third kappa shape index (κ3) is 2.74. The Bertz CT molecular complexity index is 825. The Morgan fingerprint density at radius 2 is 1.62 bits per heavy atom. The molecule has 2 N–H and O–H groups in total. The van der Waals surface area contributed by atoms with Gasteiger partial charge < -0.3 is 14.6 Å². The fourth-order valence-corrected chi connectivity index (χ4v) is 2.38. The van der Waals surface area contributed by atoms with Gasteiger partial charge in [-0.2, -0.15) is 0 Å². The Hall–Kier alpha value is -2.37. The van der Waals surface area contributed by atoms with Crippen molar-refractivity contribution in [1.82, 2.24) is 4.57 Å². The van der Waals surface area contributed by atoms with Crippen molar-refractivity contribution in [2.75, 3.05) is 0 Å². The molecule has 0 unspecified atom stereocenters. The number of rotatable bonds is 3. The predicted molar refractivity (Wildman–Crippen MR) is 83.6 cm³/mol. The minimum absolute atomic E-state index is 0.0556. The molecule has 21 heavy (non-hydrogen) atoms. The highest BCUT2D eigenvalue weighted by atomic mass is 16.4. The van der Waals surface area contributed by atoms with Crippen LogP contribution in [-0.2, 0) is 6.54 Å². The van der Waals surface area contributed by atoms with Crippen LogP contribution in [0.1, 0.15) is 5.56 Å². The van der Waals surface area contributed by atoms with Crippen molar-refractivity contribution in [2.24, 2.45) is 0 Å². The number of hydrogen-bond donors (Lipinski definition) is 2. The second-order valence-corrected chi connectivity index (χ2v) is 4.93. The molecule has 0 aliphatic rings. The van der Waals surface area contributed by atoms with E-state index in [1.54, 1.807) is 34.9 Å². The molecule has 1 heterocycles. The van der Waals surface area contributed by atoms with E-state index in [9.17, 15) is 4.79 Å². The van der Waals surface area contributed by atoms with Crippen molar-refractivity contribution < 1.29 is 10.0 Å². The van der Waals surface area contributed by atoms with Crippen molar-refractivity contribution in [2.45, 2.75) is 6.54 Å². The van der Waals surface area contributed by atoms with Crippen LogP contribution in [0, 0.1) is 0 Å². The quantitative estimate of drug-likeness (QED) is 0.695. The zero-order valence-corrected chi connectivity index (χ0v) is 11.3. The van der Waals surface area contributed by atoms with Crippen molar-refractivity contribution in [3.8, 4) is 0 Å². The normalized spacial score (nSPS) is 10.8. The highest BCUT2D eigenvalue weighted by molar-refractivity contribution is 6.58. The average Bonchev–Trinajstić information content (AvgIpc) is 2.51. The van der Waals surface area contributed by atoms with Gasteiger partial charge in [0.05, 0.1) is 12.1 Å². The lowest BCUT2D eigenvalue weighted by atomic mass is 9.80. The largest absolute Gasteiger partial charge is 0.488 e. The molecular weight excluding hydrogens is 265 g/mol. The van der Waals surface area contributed by atoms with E-state index in [-0.39, 0.29) is 5.56 Å². The van der Waals surface area contributed by atoms with Gasteiger partial charge in [-0.05, 0) is 28.5 Å². The molecule has 3 aromatic rings. The van der Waals surface area contributed by atoms with Crippen molar-refractivity contribution >= 4 is 23.5 Å². The Morgan fingerprint density at radius 1 is 0.905 bits per heavy atom. The minimum Gasteiger partial charge on any atom is -0.423 e. The van der Waals surface area contributed by atoms with Crippen LogP contribution in [0.3, 0.4) is 0 Å². The predicted octanol–water partition coefficient (Wildman–Crippen LogP) is 0.730. The molecule has 0 fully saturated rings. The molecule has 0 saturated heterocycles. The third-order valence-corrected chi connectivity index (χ3v) is 3.52. The van der Waals surface area contributed by atoms with E-state index in [1.807, 2.05) is 30.3 Å². The summed E-state index contributed by atoms with van der Waals surface area (Å²) >= 11 is 0. The second kappa shape index (κ2) is 5.56. The first-order chi connectivity index (χ1) is 10.1. The number of benzene rings is 2. The molecule has 0 saturated carbocycles. The highest BCUT2D eigenvalue weighted by Gasteiger charge is 2.10. The number of fused-ring (bicyclic) bond motifs is 1. The molecule has 0 amide bonds. The lowest BCUT2D eigenvalue weighted by Gasteiger charge is -2.10. The zero-order valence-electron chi connectivity index (χ0n) is 11.3. The standard InChI is InChI=1S/C16H14BNO3/c19-16-10-7-13-3-1-2-4-15(13)18(16)11-12-5-8-14(9-6-12)17(20)21/h1-10,20-21H,11H2. The summed E-state index contributed by atoms with van der Waals surface area (Å²) in [5, 5.41) is 19.2. The summed E-state index contributed by atoms with van der Waals surface area (Å²) in [7, 11) is -1.47. The van der Waals surface area contributed by atoms with Crippen LogP contribution in [0.25, 0.3) is 10.9 Å². The van der Waals surface area contributed by atoms with Crippen LogP contribution in [0.5, 0.6) is 0 Å². The summed E-state index contributed by atoms with van der Waals surface area (Å²) in [5.74, 6) is 0. The van der Waals surface area contributed by atoms with E-state index in [4.69, 9.17) is 10.0 Å². The Labute approximate surface area is 122 Å². The molecule has 0 aliphatic heterocycles. The Balaban J connectivity index is 2.01. The van der Waals surface area contributed by atoms with E-state index >= 15 is 0 Å². The maximum absolute atomic E-state index is 12.1. The smallest absolute Gasteiger partial charge is 0.423 e. The molecule has 5 heteroatoms. The van der Waals surface area contributed by atoms with Gasteiger partial charge in [-0.1, -0.05) is 42.5 Å². The summed E-state index contributed by atoms with van der Waals surface area (Å²) < 4.78 is 1.71. The van der Waals surface area contributed by atoms with Gasteiger partial charge >= 0.3 is 7.12 Å². The fraction of sp³-hybridized carbons (Fsp3) is 0.0625. The van der Waals surface area contributed by atoms with Gasteiger partial charge in [0, 0.05) is 6.07 Å². The van der Waals surface area contributed by atoms with Gasteiger partial charge in [0.15, 0.2) is 0 Å². The lowest BCUT2D eigenvalue weighted by Crippen LogP contribution is -2.29. The summed E-state index contributed by atoms with van der Waals surface area (Å²) in [6.07, 6.45) is 0. The van der Waals surface area contributed by atoms with Crippen LogP contribution < -0.4 is 11.0 Å². The average molecular weight is 279 g/mol. The first-order valence-corrected chi connectivity index (χ1v) is 6.69. The number of aromatic nitrogens is 1. The van der Waals surface area contributed by atoms with Gasteiger partial charge in [-0.3, -0.25) is 4.79 Å². The molecular formula is C16H14BNO3. The minimum atomic E-state index is -1.47. The SMILES string of the molecule is O=c1ccc2ccccc2n1Cc1ccc(B(O)O)cc1. The van der Waals surface area contributed by atoms with Gasteiger partial charge in [0.25, 0.3) is 5.56 Å². The fourth-order valence-electron chi connectivity index (χ4n) is 2.38. The first kappa shape index (κ1) is 13.6. The molecule has 2 aromatic carbocycles. The molecule has 0 radical (unpaired) electrons. The maximum Gasteiger partial charge on any atom is 0.488 e. The molecule has 0 aliphatic carbocycles. The van der Waals surface area contributed by atoms with Crippen LogP contribution in [0.4, 0.5) is 0 Å². The van der Waals surface area contributed by atoms with Crippen molar-refractivity contribution in [3.63, 3.8) is 0 Å².